The van der Waals surface area contributed by atoms with Crippen LogP contribution in [0.4, 0.5) is 0 Å². The topological polar surface area (TPSA) is 20.3 Å². The van der Waals surface area contributed by atoms with E-state index in [0.717, 1.165) is 25.6 Å². The highest BCUT2D eigenvalue weighted by atomic mass is 79.9. The zero-order valence-corrected chi connectivity index (χ0v) is 12.3. The molecule has 0 bridgehead atoms. The Morgan fingerprint density at radius 3 is 2.73 bits per heavy atom. The molecule has 5 heteroatoms. The Balaban J connectivity index is 2.05. The van der Waals surface area contributed by atoms with Crippen molar-refractivity contribution in [2.75, 3.05) is 13.6 Å². The van der Waals surface area contributed by atoms with E-state index in [1.165, 1.54) is 24.2 Å². The van der Waals surface area contributed by atoms with E-state index in [4.69, 9.17) is 0 Å². The summed E-state index contributed by atoms with van der Waals surface area (Å²) in [6.07, 6.45) is 2.55. The molecule has 2 rings (SSSR count). The lowest BCUT2D eigenvalue weighted by Gasteiger charge is -2.15. The third-order valence-corrected chi connectivity index (χ3v) is 5.68. The number of nitrogens with zero attached hydrogens (tertiary/aromatic N) is 1. The molecule has 1 heterocycles. The minimum absolute atomic E-state index is 0.123. The first-order valence-corrected chi connectivity index (χ1v) is 7.18. The zero-order chi connectivity index (χ0) is 11.0. The monoisotopic (exact) mass is 351 g/mol. The highest BCUT2D eigenvalue weighted by Crippen LogP contribution is 2.34. The van der Waals surface area contributed by atoms with Crippen LogP contribution >= 0.6 is 43.2 Å². The summed E-state index contributed by atoms with van der Waals surface area (Å²) in [5.41, 5.74) is 0. The molecule has 0 unspecified atom stereocenters. The maximum absolute atomic E-state index is 12.0. The smallest absolute Gasteiger partial charge is 0.263 e. The molecule has 2 nitrogen and oxygen atoms in total. The van der Waals surface area contributed by atoms with Crippen LogP contribution in [0.2, 0.25) is 0 Å². The van der Waals surface area contributed by atoms with Crippen molar-refractivity contribution in [3.05, 3.63) is 19.2 Å². The molecule has 0 spiro atoms. The number of carbonyl (C=O) groups excluding carboxylic acids is 1. The Hall–Kier alpha value is 0.130. The van der Waals surface area contributed by atoms with E-state index in [2.05, 4.69) is 31.9 Å². The number of rotatable bonds is 3. The summed E-state index contributed by atoms with van der Waals surface area (Å²) in [5, 5.41) is 0. The lowest BCUT2D eigenvalue weighted by Crippen LogP contribution is -2.27. The molecule has 1 aromatic rings. The molecular formula is C10H11Br2NOS. The second-order valence-corrected chi connectivity index (χ2v) is 7.09. The van der Waals surface area contributed by atoms with Gasteiger partial charge in [0.05, 0.1) is 8.66 Å². The maximum Gasteiger partial charge on any atom is 0.263 e. The van der Waals surface area contributed by atoms with E-state index in [-0.39, 0.29) is 5.91 Å². The molecule has 15 heavy (non-hydrogen) atoms. The second kappa shape index (κ2) is 4.55. The number of hydrogen-bond donors (Lipinski definition) is 0. The lowest BCUT2D eigenvalue weighted by molar-refractivity contribution is 0.0793. The predicted molar refractivity (Wildman–Crippen MR) is 69.4 cm³/mol. The van der Waals surface area contributed by atoms with Gasteiger partial charge in [-0.25, -0.2) is 0 Å². The Morgan fingerprint density at radius 2 is 2.27 bits per heavy atom. The van der Waals surface area contributed by atoms with Crippen molar-refractivity contribution < 1.29 is 4.79 Å². The summed E-state index contributed by atoms with van der Waals surface area (Å²) in [7, 11) is 1.88. The minimum atomic E-state index is 0.123. The van der Waals surface area contributed by atoms with Gasteiger partial charge in [0.1, 0.15) is 0 Å². The number of halogens is 2. The van der Waals surface area contributed by atoms with Crippen molar-refractivity contribution in [2.24, 2.45) is 5.92 Å². The van der Waals surface area contributed by atoms with Crippen LogP contribution in [0.25, 0.3) is 0 Å². The first-order chi connectivity index (χ1) is 7.08. The Morgan fingerprint density at radius 1 is 1.60 bits per heavy atom. The van der Waals surface area contributed by atoms with Gasteiger partial charge in [-0.3, -0.25) is 4.79 Å². The first-order valence-electron chi connectivity index (χ1n) is 4.78. The van der Waals surface area contributed by atoms with Crippen LogP contribution in [0.1, 0.15) is 22.5 Å². The van der Waals surface area contributed by atoms with E-state index in [9.17, 15) is 4.79 Å². The summed E-state index contributed by atoms with van der Waals surface area (Å²) in [4.78, 5) is 14.6. The SMILES string of the molecule is CN(CC1CC1)C(=O)c1cc(Br)c(Br)s1. The van der Waals surface area contributed by atoms with Crippen LogP contribution in [0.15, 0.2) is 14.3 Å². The molecule has 0 aliphatic heterocycles. The quantitative estimate of drug-likeness (QED) is 0.811. The van der Waals surface area contributed by atoms with E-state index in [1.807, 2.05) is 18.0 Å². The summed E-state index contributed by atoms with van der Waals surface area (Å²) in [6.45, 7) is 0.895. The first kappa shape index (κ1) is 11.6. The molecule has 0 N–H and O–H groups in total. The van der Waals surface area contributed by atoms with E-state index < -0.39 is 0 Å². The van der Waals surface area contributed by atoms with Crippen molar-refractivity contribution in [3.8, 4) is 0 Å². The number of thiophene rings is 1. The highest BCUT2D eigenvalue weighted by Gasteiger charge is 2.26. The third kappa shape index (κ3) is 2.82. The van der Waals surface area contributed by atoms with Crippen LogP contribution in [0.5, 0.6) is 0 Å². The molecular weight excluding hydrogens is 342 g/mol. The van der Waals surface area contributed by atoms with Gasteiger partial charge < -0.3 is 4.90 Å². The maximum atomic E-state index is 12.0. The lowest BCUT2D eigenvalue weighted by atomic mass is 10.3. The van der Waals surface area contributed by atoms with Gasteiger partial charge in [-0.2, -0.15) is 0 Å². The van der Waals surface area contributed by atoms with Crippen LogP contribution in [-0.4, -0.2) is 24.4 Å². The molecule has 82 valence electrons. The van der Waals surface area contributed by atoms with Gasteiger partial charge in [-0.05, 0) is 56.7 Å². The zero-order valence-electron chi connectivity index (χ0n) is 8.30. The van der Waals surface area contributed by atoms with Crippen molar-refractivity contribution >= 4 is 49.1 Å². The normalized spacial score (nSPS) is 15.4. The molecule has 1 saturated carbocycles. The average molecular weight is 353 g/mol. The van der Waals surface area contributed by atoms with Crippen molar-refractivity contribution in [1.82, 2.24) is 4.90 Å². The molecule has 0 aromatic carbocycles. The Bertz CT molecular complexity index is 367. The predicted octanol–water partition coefficient (Wildman–Crippen LogP) is 3.76. The fourth-order valence-corrected chi connectivity index (χ4v) is 3.44. The van der Waals surface area contributed by atoms with Gasteiger partial charge in [-0.1, -0.05) is 0 Å². The van der Waals surface area contributed by atoms with E-state index in [1.54, 1.807) is 0 Å². The molecule has 1 aromatic heterocycles. The van der Waals surface area contributed by atoms with Crippen LogP contribution < -0.4 is 0 Å². The summed E-state index contributed by atoms with van der Waals surface area (Å²) in [6, 6.07) is 1.88. The van der Waals surface area contributed by atoms with Crippen molar-refractivity contribution in [3.63, 3.8) is 0 Å². The van der Waals surface area contributed by atoms with Gasteiger partial charge in [0.15, 0.2) is 0 Å². The largest absolute Gasteiger partial charge is 0.341 e. The van der Waals surface area contributed by atoms with E-state index >= 15 is 0 Å². The van der Waals surface area contributed by atoms with Gasteiger partial charge in [-0.15, -0.1) is 11.3 Å². The second-order valence-electron chi connectivity index (χ2n) is 3.86. The van der Waals surface area contributed by atoms with Gasteiger partial charge in [0.2, 0.25) is 0 Å². The Kier molecular flexibility index (Phi) is 3.52. The van der Waals surface area contributed by atoms with Crippen LogP contribution in [-0.2, 0) is 0 Å². The summed E-state index contributed by atoms with van der Waals surface area (Å²) in [5.74, 6) is 0.865. The van der Waals surface area contributed by atoms with Gasteiger partial charge in [0, 0.05) is 18.1 Å². The third-order valence-electron chi connectivity index (χ3n) is 2.43. The van der Waals surface area contributed by atoms with E-state index in [0.29, 0.717) is 0 Å². The van der Waals surface area contributed by atoms with Crippen molar-refractivity contribution in [2.45, 2.75) is 12.8 Å². The fraction of sp³-hybridized carbons (Fsp3) is 0.500. The standard InChI is InChI=1S/C10H11Br2NOS/c1-13(5-6-2-3-6)10(14)8-4-7(11)9(12)15-8/h4,6H,2-3,5H2,1H3. The highest BCUT2D eigenvalue weighted by molar-refractivity contribution is 9.13. The number of carbonyl (C=O) groups is 1. The van der Waals surface area contributed by atoms with Crippen molar-refractivity contribution in [1.29, 1.82) is 0 Å². The molecule has 1 fully saturated rings. The molecule has 0 radical (unpaired) electrons. The fourth-order valence-electron chi connectivity index (χ4n) is 1.41. The molecule has 1 amide bonds. The Labute approximate surface area is 110 Å². The molecule has 0 saturated heterocycles. The summed E-state index contributed by atoms with van der Waals surface area (Å²) >= 11 is 8.26. The summed E-state index contributed by atoms with van der Waals surface area (Å²) < 4.78 is 1.93. The van der Waals surface area contributed by atoms with Crippen LogP contribution in [0.3, 0.4) is 0 Å². The average Bonchev–Trinajstić information content (AvgIpc) is 2.93. The molecule has 1 aliphatic carbocycles. The molecule has 1 aliphatic rings. The molecule has 0 atom stereocenters. The number of hydrogen-bond acceptors (Lipinski definition) is 2. The van der Waals surface area contributed by atoms with Gasteiger partial charge >= 0.3 is 0 Å². The minimum Gasteiger partial charge on any atom is -0.341 e. The van der Waals surface area contributed by atoms with Crippen LogP contribution in [0, 0.1) is 5.92 Å². The van der Waals surface area contributed by atoms with Gasteiger partial charge in [0.25, 0.3) is 5.91 Å². The number of amides is 1.